The van der Waals surface area contributed by atoms with E-state index in [9.17, 15) is 0 Å². The first-order valence-corrected chi connectivity index (χ1v) is 7.92. The van der Waals surface area contributed by atoms with Crippen LogP contribution in [0.15, 0.2) is 24.4 Å². The second-order valence-corrected chi connectivity index (χ2v) is 6.60. The monoisotopic (exact) mass is 288 g/mol. The van der Waals surface area contributed by atoms with Crippen LogP contribution in [-0.2, 0) is 6.54 Å². The maximum Gasteiger partial charge on any atom is 0.126 e. The molecule has 1 atom stereocenters. The number of nitrogens with zero attached hydrogens (tertiary/aromatic N) is 1. The van der Waals surface area contributed by atoms with Crippen LogP contribution in [-0.4, -0.2) is 11.6 Å². The second kappa shape index (κ2) is 5.94. The van der Waals surface area contributed by atoms with Crippen molar-refractivity contribution in [1.29, 1.82) is 0 Å². The number of hydrogen-bond donors (Lipinski definition) is 1. The average molecular weight is 288 g/mol. The van der Waals surface area contributed by atoms with E-state index in [2.05, 4.69) is 42.3 Å². The number of para-hydroxylation sites is 1. The maximum absolute atomic E-state index is 5.91. The van der Waals surface area contributed by atoms with Crippen LogP contribution < -0.4 is 10.1 Å². The molecule has 1 aromatic heterocycles. The Kier molecular flexibility index (Phi) is 4.03. The van der Waals surface area contributed by atoms with Crippen LogP contribution in [0, 0.1) is 13.8 Å². The number of thiazole rings is 1. The molecule has 3 nitrogen and oxygen atoms in total. The Bertz CT molecular complexity index is 594. The molecule has 0 aliphatic carbocycles. The summed E-state index contributed by atoms with van der Waals surface area (Å²) in [4.78, 5) is 5.69. The molecule has 4 heteroatoms. The van der Waals surface area contributed by atoms with Gasteiger partial charge in [-0.3, -0.25) is 0 Å². The number of nitrogens with one attached hydrogen (secondary N) is 1. The highest BCUT2D eigenvalue weighted by Gasteiger charge is 2.20. The number of ether oxygens (including phenoxy) is 1. The van der Waals surface area contributed by atoms with Crippen molar-refractivity contribution in [3.05, 3.63) is 45.4 Å². The topological polar surface area (TPSA) is 34.2 Å². The molecule has 1 aliphatic rings. The SMILES string of the molecule is Cc1cnc(CNC2CCCOc3c(C)cccc32)s1. The molecule has 0 spiro atoms. The first-order valence-electron chi connectivity index (χ1n) is 7.11. The number of rotatable bonds is 3. The van der Waals surface area contributed by atoms with Gasteiger partial charge in [0, 0.05) is 29.2 Å². The maximum atomic E-state index is 5.91. The van der Waals surface area contributed by atoms with Crippen LogP contribution in [0.1, 0.15) is 39.9 Å². The average Bonchev–Trinajstić information content (AvgIpc) is 2.73. The van der Waals surface area contributed by atoms with Gasteiger partial charge in [0.2, 0.25) is 0 Å². The van der Waals surface area contributed by atoms with Crippen molar-refractivity contribution >= 4 is 11.3 Å². The van der Waals surface area contributed by atoms with Crippen LogP contribution in [0.2, 0.25) is 0 Å². The highest BCUT2D eigenvalue weighted by molar-refractivity contribution is 7.11. The first-order chi connectivity index (χ1) is 9.74. The highest BCUT2D eigenvalue weighted by Crippen LogP contribution is 2.34. The van der Waals surface area contributed by atoms with Crippen molar-refractivity contribution in [2.45, 2.75) is 39.3 Å². The van der Waals surface area contributed by atoms with E-state index in [0.29, 0.717) is 6.04 Å². The van der Waals surface area contributed by atoms with Gasteiger partial charge in [-0.2, -0.15) is 0 Å². The number of aryl methyl sites for hydroxylation is 2. The van der Waals surface area contributed by atoms with Gasteiger partial charge >= 0.3 is 0 Å². The Balaban J connectivity index is 1.78. The number of hydrogen-bond acceptors (Lipinski definition) is 4. The van der Waals surface area contributed by atoms with E-state index in [-0.39, 0.29) is 0 Å². The fourth-order valence-corrected chi connectivity index (χ4v) is 3.41. The van der Waals surface area contributed by atoms with Gasteiger partial charge in [0.15, 0.2) is 0 Å². The normalized spacial score (nSPS) is 18.2. The highest BCUT2D eigenvalue weighted by atomic mass is 32.1. The van der Waals surface area contributed by atoms with Gasteiger partial charge in [0.1, 0.15) is 10.8 Å². The van der Waals surface area contributed by atoms with Crippen LogP contribution in [0.25, 0.3) is 0 Å². The first kappa shape index (κ1) is 13.6. The lowest BCUT2D eigenvalue weighted by atomic mass is 10.00. The van der Waals surface area contributed by atoms with Crippen LogP contribution in [0.5, 0.6) is 5.75 Å². The minimum atomic E-state index is 0.358. The van der Waals surface area contributed by atoms with E-state index in [0.717, 1.165) is 36.8 Å². The zero-order chi connectivity index (χ0) is 13.9. The van der Waals surface area contributed by atoms with Crippen LogP contribution in [0.3, 0.4) is 0 Å². The third kappa shape index (κ3) is 2.86. The molecule has 2 aromatic rings. The second-order valence-electron chi connectivity index (χ2n) is 5.28. The van der Waals surface area contributed by atoms with E-state index in [4.69, 9.17) is 4.74 Å². The van der Waals surface area contributed by atoms with Crippen LogP contribution in [0.4, 0.5) is 0 Å². The summed E-state index contributed by atoms with van der Waals surface area (Å²) in [6, 6.07) is 6.77. The van der Waals surface area contributed by atoms with Crippen molar-refractivity contribution in [1.82, 2.24) is 10.3 Å². The van der Waals surface area contributed by atoms with E-state index >= 15 is 0 Å². The van der Waals surface area contributed by atoms with Crippen molar-refractivity contribution in [2.75, 3.05) is 6.61 Å². The molecule has 0 radical (unpaired) electrons. The summed E-state index contributed by atoms with van der Waals surface area (Å²) in [6.45, 7) is 5.85. The summed E-state index contributed by atoms with van der Waals surface area (Å²) in [5, 5.41) is 4.80. The Morgan fingerprint density at radius 1 is 1.40 bits per heavy atom. The molecule has 1 unspecified atom stereocenters. The lowest BCUT2D eigenvalue weighted by Gasteiger charge is -2.18. The quantitative estimate of drug-likeness (QED) is 0.933. The summed E-state index contributed by atoms with van der Waals surface area (Å²) >= 11 is 1.76. The number of benzene rings is 1. The van der Waals surface area contributed by atoms with Gasteiger partial charge in [0.25, 0.3) is 0 Å². The summed E-state index contributed by atoms with van der Waals surface area (Å²) in [5.41, 5.74) is 2.51. The molecule has 0 saturated heterocycles. The molecule has 1 aromatic carbocycles. The lowest BCUT2D eigenvalue weighted by Crippen LogP contribution is -2.20. The minimum absolute atomic E-state index is 0.358. The summed E-state index contributed by atoms with van der Waals surface area (Å²) in [6.07, 6.45) is 4.14. The van der Waals surface area contributed by atoms with Gasteiger partial charge < -0.3 is 10.1 Å². The van der Waals surface area contributed by atoms with Crippen molar-refractivity contribution in [2.24, 2.45) is 0 Å². The molecular weight excluding hydrogens is 268 g/mol. The molecule has 0 fully saturated rings. The Hall–Kier alpha value is -1.39. The molecule has 0 bridgehead atoms. The van der Waals surface area contributed by atoms with Gasteiger partial charge in [-0.25, -0.2) is 4.98 Å². The molecule has 0 amide bonds. The third-order valence-corrected chi connectivity index (χ3v) is 4.58. The predicted octanol–water partition coefficient (Wildman–Crippen LogP) is 3.76. The number of fused-ring (bicyclic) bond motifs is 1. The van der Waals surface area contributed by atoms with Crippen molar-refractivity contribution in [3.63, 3.8) is 0 Å². The largest absolute Gasteiger partial charge is 0.493 e. The van der Waals surface area contributed by atoms with E-state index < -0.39 is 0 Å². The third-order valence-electron chi connectivity index (χ3n) is 3.67. The number of aromatic nitrogens is 1. The molecule has 20 heavy (non-hydrogen) atoms. The van der Waals surface area contributed by atoms with Gasteiger partial charge in [-0.15, -0.1) is 11.3 Å². The van der Waals surface area contributed by atoms with Gasteiger partial charge in [-0.05, 0) is 32.3 Å². The summed E-state index contributed by atoms with van der Waals surface area (Å²) in [5.74, 6) is 1.07. The Morgan fingerprint density at radius 2 is 2.30 bits per heavy atom. The van der Waals surface area contributed by atoms with Gasteiger partial charge in [-0.1, -0.05) is 18.2 Å². The Morgan fingerprint density at radius 3 is 3.10 bits per heavy atom. The fraction of sp³-hybridized carbons (Fsp3) is 0.438. The molecule has 1 aliphatic heterocycles. The minimum Gasteiger partial charge on any atom is -0.493 e. The molecular formula is C16H20N2OS. The molecule has 3 rings (SSSR count). The van der Waals surface area contributed by atoms with Crippen molar-refractivity contribution < 1.29 is 4.74 Å². The van der Waals surface area contributed by atoms with Crippen molar-refractivity contribution in [3.8, 4) is 5.75 Å². The smallest absolute Gasteiger partial charge is 0.126 e. The van der Waals surface area contributed by atoms with E-state index in [1.807, 2.05) is 6.20 Å². The van der Waals surface area contributed by atoms with E-state index in [1.54, 1.807) is 11.3 Å². The standard InChI is InChI=1S/C16H20N2OS/c1-11-5-3-6-13-14(7-4-8-19-16(11)13)17-10-15-18-9-12(2)20-15/h3,5-6,9,14,17H,4,7-8,10H2,1-2H3. The zero-order valence-corrected chi connectivity index (χ0v) is 12.8. The molecule has 0 saturated carbocycles. The Labute approximate surface area is 124 Å². The zero-order valence-electron chi connectivity index (χ0n) is 12.0. The van der Waals surface area contributed by atoms with Crippen LogP contribution >= 0.6 is 11.3 Å². The predicted molar refractivity (Wildman–Crippen MR) is 82.3 cm³/mol. The summed E-state index contributed by atoms with van der Waals surface area (Å²) in [7, 11) is 0. The van der Waals surface area contributed by atoms with E-state index in [1.165, 1.54) is 16.0 Å². The van der Waals surface area contributed by atoms with Gasteiger partial charge in [0.05, 0.1) is 6.61 Å². The molecule has 106 valence electrons. The lowest BCUT2D eigenvalue weighted by molar-refractivity contribution is 0.313. The molecule has 2 heterocycles. The summed E-state index contributed by atoms with van der Waals surface area (Å²) < 4.78 is 5.91. The fourth-order valence-electron chi connectivity index (χ4n) is 2.67. The molecule has 1 N–H and O–H groups in total.